The summed E-state index contributed by atoms with van der Waals surface area (Å²) >= 11 is 0. The third-order valence-electron chi connectivity index (χ3n) is 7.85. The minimum Gasteiger partial charge on any atom is -0.492 e. The van der Waals surface area contributed by atoms with Crippen LogP contribution in [0.5, 0.6) is 5.75 Å². The fourth-order valence-electron chi connectivity index (χ4n) is 5.38. The van der Waals surface area contributed by atoms with Crippen molar-refractivity contribution in [2.24, 2.45) is 0 Å². The van der Waals surface area contributed by atoms with Crippen LogP contribution in [-0.4, -0.2) is 55.4 Å². The number of carbonyl (C=O) groups is 1. The standard InChI is InChI=1S/C33H37NO4/c1-32(2)13-14-33(3,4)29-22-26(9-11-28(29)32)27-21-25(23-5-7-24(8-6-23)31(35)36)10-12-30(27)38-20-17-34-15-18-37-19-16-34/h5-14,21-22H,15-20H2,1-4H3,(H,35,36). The molecule has 0 amide bonds. The molecule has 1 aliphatic carbocycles. The predicted octanol–water partition coefficient (Wildman–Crippen LogP) is 6.55. The molecule has 0 bridgehead atoms. The minimum absolute atomic E-state index is 0.0192. The van der Waals surface area contributed by atoms with E-state index in [1.807, 2.05) is 18.2 Å². The molecule has 1 N–H and O–H groups in total. The molecule has 1 saturated heterocycles. The predicted molar refractivity (Wildman–Crippen MR) is 152 cm³/mol. The van der Waals surface area contributed by atoms with Gasteiger partial charge in [-0.15, -0.1) is 0 Å². The van der Waals surface area contributed by atoms with Gasteiger partial charge in [-0.1, -0.05) is 70.2 Å². The molecule has 1 aliphatic heterocycles. The van der Waals surface area contributed by atoms with E-state index in [0.29, 0.717) is 6.61 Å². The topological polar surface area (TPSA) is 59.0 Å². The first-order valence-electron chi connectivity index (χ1n) is 13.4. The second-order valence-corrected chi connectivity index (χ2v) is 11.4. The highest BCUT2D eigenvalue weighted by molar-refractivity contribution is 5.88. The Balaban J connectivity index is 1.52. The van der Waals surface area contributed by atoms with Crippen molar-refractivity contribution in [2.45, 2.75) is 38.5 Å². The summed E-state index contributed by atoms with van der Waals surface area (Å²) in [5, 5.41) is 9.30. The van der Waals surface area contributed by atoms with Gasteiger partial charge in [0.05, 0.1) is 18.8 Å². The van der Waals surface area contributed by atoms with Crippen molar-refractivity contribution in [1.82, 2.24) is 4.90 Å². The maximum absolute atomic E-state index is 11.3. The zero-order valence-electron chi connectivity index (χ0n) is 22.8. The van der Waals surface area contributed by atoms with Crippen LogP contribution in [0.15, 0.2) is 72.8 Å². The molecule has 1 fully saturated rings. The van der Waals surface area contributed by atoms with Crippen molar-refractivity contribution in [3.8, 4) is 28.0 Å². The maximum atomic E-state index is 11.3. The molecule has 198 valence electrons. The van der Waals surface area contributed by atoms with Gasteiger partial charge in [0.1, 0.15) is 12.4 Å². The Morgan fingerprint density at radius 3 is 2.16 bits per heavy atom. The van der Waals surface area contributed by atoms with Crippen LogP contribution >= 0.6 is 0 Å². The van der Waals surface area contributed by atoms with Gasteiger partial charge in [0.2, 0.25) is 0 Å². The number of hydrogen-bond donors (Lipinski definition) is 1. The summed E-state index contributed by atoms with van der Waals surface area (Å²) < 4.78 is 11.9. The lowest BCUT2D eigenvalue weighted by Crippen LogP contribution is -2.38. The van der Waals surface area contributed by atoms with Gasteiger partial charge in [0, 0.05) is 36.0 Å². The van der Waals surface area contributed by atoms with Gasteiger partial charge in [0.15, 0.2) is 0 Å². The third-order valence-corrected chi connectivity index (χ3v) is 7.85. The average molecular weight is 512 g/mol. The molecule has 5 heteroatoms. The van der Waals surface area contributed by atoms with Crippen molar-refractivity contribution in [1.29, 1.82) is 0 Å². The molecular formula is C33H37NO4. The highest BCUT2D eigenvalue weighted by Crippen LogP contribution is 2.44. The maximum Gasteiger partial charge on any atom is 0.335 e. The van der Waals surface area contributed by atoms with Crippen LogP contribution in [0.4, 0.5) is 0 Å². The van der Waals surface area contributed by atoms with Crippen LogP contribution in [0.2, 0.25) is 0 Å². The number of carboxylic acid groups (broad SMARTS) is 1. The number of nitrogens with zero attached hydrogens (tertiary/aromatic N) is 1. The molecule has 5 rings (SSSR count). The summed E-state index contributed by atoms with van der Waals surface area (Å²) in [5.74, 6) is -0.0672. The normalized spacial score (nSPS) is 18.1. The fourth-order valence-corrected chi connectivity index (χ4v) is 5.38. The second kappa shape index (κ2) is 10.4. The molecule has 0 spiro atoms. The molecular weight excluding hydrogens is 474 g/mol. The SMILES string of the molecule is CC1(C)C=CC(C)(C)c2cc(-c3cc(-c4ccc(C(=O)O)cc4)ccc3OCCN3CCOCC3)ccc21. The molecule has 3 aromatic carbocycles. The number of rotatable bonds is 7. The van der Waals surface area contributed by atoms with Crippen molar-refractivity contribution >= 4 is 5.97 Å². The first kappa shape index (κ1) is 26.2. The summed E-state index contributed by atoms with van der Waals surface area (Å²) in [7, 11) is 0. The van der Waals surface area contributed by atoms with Crippen LogP contribution in [-0.2, 0) is 15.6 Å². The Bertz CT molecular complexity index is 1350. The Morgan fingerprint density at radius 2 is 1.47 bits per heavy atom. The quantitative estimate of drug-likeness (QED) is 0.364. The van der Waals surface area contributed by atoms with Gasteiger partial charge in [-0.3, -0.25) is 4.90 Å². The summed E-state index contributed by atoms with van der Waals surface area (Å²) in [4.78, 5) is 13.7. The van der Waals surface area contributed by atoms with Crippen molar-refractivity contribution in [3.63, 3.8) is 0 Å². The average Bonchev–Trinajstić information content (AvgIpc) is 2.92. The lowest BCUT2D eigenvalue weighted by atomic mass is 9.67. The molecule has 0 saturated carbocycles. The molecule has 1 heterocycles. The van der Waals surface area contributed by atoms with Gasteiger partial charge in [-0.25, -0.2) is 4.79 Å². The molecule has 3 aromatic rings. The fraction of sp³-hybridized carbons (Fsp3) is 0.364. The van der Waals surface area contributed by atoms with Crippen LogP contribution < -0.4 is 4.74 Å². The molecule has 0 aromatic heterocycles. The molecule has 5 nitrogen and oxygen atoms in total. The first-order chi connectivity index (χ1) is 18.1. The summed E-state index contributed by atoms with van der Waals surface area (Å²) in [6.07, 6.45) is 4.63. The highest BCUT2D eigenvalue weighted by Gasteiger charge is 2.33. The van der Waals surface area contributed by atoms with Gasteiger partial charge in [-0.05, 0) is 58.1 Å². The molecule has 2 aliphatic rings. The Labute approximate surface area is 225 Å². The van der Waals surface area contributed by atoms with E-state index < -0.39 is 5.97 Å². The number of morpholine rings is 1. The van der Waals surface area contributed by atoms with E-state index in [1.54, 1.807) is 12.1 Å². The summed E-state index contributed by atoms with van der Waals surface area (Å²) in [6, 6.07) is 20.1. The lowest BCUT2D eigenvalue weighted by molar-refractivity contribution is 0.0323. The van der Waals surface area contributed by atoms with E-state index in [-0.39, 0.29) is 16.4 Å². The number of benzene rings is 3. The van der Waals surface area contributed by atoms with Crippen LogP contribution in [0, 0.1) is 0 Å². The van der Waals surface area contributed by atoms with E-state index >= 15 is 0 Å². The van der Waals surface area contributed by atoms with Gasteiger partial charge < -0.3 is 14.6 Å². The molecule has 0 unspecified atom stereocenters. The molecule has 0 radical (unpaired) electrons. The molecule has 0 atom stereocenters. The number of carboxylic acids is 1. The van der Waals surface area contributed by atoms with Crippen molar-refractivity contribution in [3.05, 3.63) is 89.5 Å². The Hall–Kier alpha value is -3.41. The van der Waals surface area contributed by atoms with E-state index in [1.165, 1.54) is 11.1 Å². The van der Waals surface area contributed by atoms with Gasteiger partial charge in [-0.2, -0.15) is 0 Å². The van der Waals surface area contributed by atoms with Gasteiger partial charge >= 0.3 is 5.97 Å². The minimum atomic E-state index is -0.921. The van der Waals surface area contributed by atoms with Crippen LogP contribution in [0.25, 0.3) is 22.3 Å². The van der Waals surface area contributed by atoms with E-state index in [0.717, 1.165) is 60.9 Å². The zero-order chi connectivity index (χ0) is 26.9. The van der Waals surface area contributed by atoms with Crippen LogP contribution in [0.3, 0.4) is 0 Å². The largest absolute Gasteiger partial charge is 0.492 e. The Kier molecular flexibility index (Phi) is 7.17. The Morgan fingerprint density at radius 1 is 0.842 bits per heavy atom. The third kappa shape index (κ3) is 5.40. The number of allylic oxidation sites excluding steroid dienone is 2. The monoisotopic (exact) mass is 511 g/mol. The zero-order valence-corrected chi connectivity index (χ0v) is 22.8. The van der Waals surface area contributed by atoms with E-state index in [2.05, 4.69) is 75.1 Å². The number of hydrogen-bond acceptors (Lipinski definition) is 4. The highest BCUT2D eigenvalue weighted by atomic mass is 16.5. The van der Waals surface area contributed by atoms with Crippen LogP contribution in [0.1, 0.15) is 49.2 Å². The smallest absolute Gasteiger partial charge is 0.335 e. The van der Waals surface area contributed by atoms with Crippen molar-refractivity contribution in [2.75, 3.05) is 39.5 Å². The van der Waals surface area contributed by atoms with E-state index in [4.69, 9.17) is 9.47 Å². The van der Waals surface area contributed by atoms with E-state index in [9.17, 15) is 9.90 Å². The molecule has 38 heavy (non-hydrogen) atoms. The number of aromatic carboxylic acids is 1. The summed E-state index contributed by atoms with van der Waals surface area (Å²) in [5.41, 5.74) is 7.03. The number of fused-ring (bicyclic) bond motifs is 1. The van der Waals surface area contributed by atoms with Gasteiger partial charge in [0.25, 0.3) is 0 Å². The van der Waals surface area contributed by atoms with Crippen molar-refractivity contribution < 1.29 is 19.4 Å². The second-order valence-electron chi connectivity index (χ2n) is 11.4. The number of ether oxygens (including phenoxy) is 2. The lowest BCUT2D eigenvalue weighted by Gasteiger charge is -2.37. The first-order valence-corrected chi connectivity index (χ1v) is 13.4. The summed E-state index contributed by atoms with van der Waals surface area (Å²) in [6.45, 7) is 13.9.